The number of Topliss-reactive ketones (excluding diaryl/α,β-unsaturated/α-hetero) is 1. The smallest absolute Gasteiger partial charge is 0.330 e. The Bertz CT molecular complexity index is 917. The first-order valence-corrected chi connectivity index (χ1v) is 8.34. The highest BCUT2D eigenvalue weighted by atomic mass is 19.1. The van der Waals surface area contributed by atoms with Crippen molar-refractivity contribution in [3.63, 3.8) is 0 Å². The van der Waals surface area contributed by atoms with E-state index < -0.39 is 23.7 Å². The van der Waals surface area contributed by atoms with Gasteiger partial charge in [0.25, 0.3) is 5.91 Å². The highest BCUT2D eigenvalue weighted by molar-refractivity contribution is 6.04. The number of hydrogen-bond donors (Lipinski definition) is 3. The largest absolute Gasteiger partial charge is 0.479 e. The van der Waals surface area contributed by atoms with Gasteiger partial charge in [0.15, 0.2) is 11.8 Å². The Balaban J connectivity index is 1.91. The number of rotatable bonds is 4. The van der Waals surface area contributed by atoms with Crippen molar-refractivity contribution in [2.75, 3.05) is 0 Å². The maximum atomic E-state index is 13.4. The first kappa shape index (κ1) is 17.8. The molecule has 7 heteroatoms. The van der Waals surface area contributed by atoms with Crippen LogP contribution in [0.25, 0.3) is 0 Å². The van der Waals surface area contributed by atoms with Gasteiger partial charge in [0.1, 0.15) is 11.5 Å². The average molecular weight is 358 g/mol. The van der Waals surface area contributed by atoms with E-state index in [2.05, 4.69) is 10.3 Å². The molecule has 1 atom stereocenters. The van der Waals surface area contributed by atoms with Crippen LogP contribution in [-0.4, -0.2) is 27.8 Å². The Kier molecular flexibility index (Phi) is 4.63. The zero-order chi connectivity index (χ0) is 19.0. The predicted molar refractivity (Wildman–Crippen MR) is 91.8 cm³/mol. The second-order valence-corrected chi connectivity index (χ2v) is 6.51. The number of aryl methyl sites for hydroxylation is 2. The lowest BCUT2D eigenvalue weighted by molar-refractivity contribution is -0.139. The van der Waals surface area contributed by atoms with Crippen molar-refractivity contribution in [2.45, 2.75) is 39.2 Å². The molecule has 0 aliphatic heterocycles. The number of hydrogen-bond acceptors (Lipinski definition) is 3. The number of carbonyl (C=O) groups is 3. The summed E-state index contributed by atoms with van der Waals surface area (Å²) in [4.78, 5) is 39.3. The van der Waals surface area contributed by atoms with Gasteiger partial charge in [-0.1, -0.05) is 12.1 Å². The molecular weight excluding hydrogens is 339 g/mol. The zero-order valence-corrected chi connectivity index (χ0v) is 14.5. The topological polar surface area (TPSA) is 99.3 Å². The number of fused-ring (bicyclic) bond motifs is 1. The summed E-state index contributed by atoms with van der Waals surface area (Å²) in [6.45, 7) is 3.19. The highest BCUT2D eigenvalue weighted by Crippen LogP contribution is 2.27. The van der Waals surface area contributed by atoms with Crippen LogP contribution in [0.5, 0.6) is 0 Å². The van der Waals surface area contributed by atoms with Gasteiger partial charge in [-0.25, -0.2) is 9.18 Å². The minimum Gasteiger partial charge on any atom is -0.479 e. The van der Waals surface area contributed by atoms with E-state index in [1.165, 1.54) is 25.1 Å². The lowest BCUT2D eigenvalue weighted by Gasteiger charge is -2.15. The number of aromatic nitrogens is 1. The number of aromatic amines is 1. The van der Waals surface area contributed by atoms with E-state index in [1.54, 1.807) is 6.92 Å². The minimum atomic E-state index is -1.32. The van der Waals surface area contributed by atoms with Crippen LogP contribution in [0.4, 0.5) is 4.39 Å². The van der Waals surface area contributed by atoms with Crippen molar-refractivity contribution in [3.8, 4) is 0 Å². The van der Waals surface area contributed by atoms with Crippen molar-refractivity contribution >= 4 is 17.7 Å². The Morgan fingerprint density at radius 1 is 1.27 bits per heavy atom. The molecule has 0 spiro atoms. The van der Waals surface area contributed by atoms with E-state index in [0.717, 1.165) is 6.42 Å². The summed E-state index contributed by atoms with van der Waals surface area (Å²) in [5.74, 6) is -2.33. The van der Waals surface area contributed by atoms with Crippen molar-refractivity contribution in [1.82, 2.24) is 10.3 Å². The third kappa shape index (κ3) is 3.12. The molecule has 136 valence electrons. The number of H-pyrrole nitrogens is 1. The highest BCUT2D eigenvalue weighted by Gasteiger charge is 2.29. The molecule has 1 aromatic carbocycles. The molecule has 0 bridgehead atoms. The number of carboxylic acids is 1. The van der Waals surface area contributed by atoms with E-state index in [0.29, 0.717) is 35.2 Å². The van der Waals surface area contributed by atoms with Crippen LogP contribution in [0.3, 0.4) is 0 Å². The van der Waals surface area contributed by atoms with Crippen molar-refractivity contribution in [1.29, 1.82) is 0 Å². The van der Waals surface area contributed by atoms with Gasteiger partial charge in [0.05, 0.1) is 0 Å². The van der Waals surface area contributed by atoms with E-state index in [9.17, 15) is 23.9 Å². The van der Waals surface area contributed by atoms with Crippen LogP contribution >= 0.6 is 0 Å². The molecular formula is C19H19FN2O4. The molecule has 1 aliphatic rings. The quantitative estimate of drug-likeness (QED) is 0.782. The molecule has 0 saturated carbocycles. The average Bonchev–Trinajstić information content (AvgIpc) is 2.93. The number of carbonyl (C=O) groups excluding carboxylic acids is 2. The summed E-state index contributed by atoms with van der Waals surface area (Å²) in [6, 6.07) is 2.57. The summed E-state index contributed by atoms with van der Waals surface area (Å²) in [5.41, 5.74) is 2.53. The van der Waals surface area contributed by atoms with Crippen LogP contribution in [0, 0.1) is 19.7 Å². The molecule has 1 unspecified atom stereocenters. The molecule has 0 saturated heterocycles. The zero-order valence-electron chi connectivity index (χ0n) is 14.5. The van der Waals surface area contributed by atoms with Crippen LogP contribution < -0.4 is 5.32 Å². The van der Waals surface area contributed by atoms with Gasteiger partial charge in [-0.3, -0.25) is 9.59 Å². The standard InChI is InChI=1S/C19H19FN2O4/c1-9-8-11(6-7-12(9)20)17(19(25)26)22-18(24)16-10(2)15-13(21-16)4-3-5-14(15)23/h6-8,17,21H,3-5H2,1-2H3,(H,22,24)(H,25,26). The van der Waals surface area contributed by atoms with Gasteiger partial charge < -0.3 is 15.4 Å². The Hall–Kier alpha value is -2.96. The van der Waals surface area contributed by atoms with Gasteiger partial charge in [0.2, 0.25) is 0 Å². The third-order valence-electron chi connectivity index (χ3n) is 4.70. The molecule has 1 heterocycles. The SMILES string of the molecule is Cc1cc(C(NC(=O)c2[nH]c3c(c2C)C(=O)CCC3)C(=O)O)ccc1F. The summed E-state index contributed by atoms with van der Waals surface area (Å²) >= 11 is 0. The predicted octanol–water partition coefficient (Wildman–Crippen LogP) is 2.85. The summed E-state index contributed by atoms with van der Waals surface area (Å²) in [6.07, 6.45) is 1.84. The molecule has 2 aromatic rings. The minimum absolute atomic E-state index is 0.0111. The van der Waals surface area contributed by atoms with E-state index in [4.69, 9.17) is 0 Å². The number of carboxylic acid groups (broad SMARTS) is 1. The molecule has 0 fully saturated rings. The Morgan fingerprint density at radius 3 is 2.62 bits per heavy atom. The van der Waals surface area contributed by atoms with E-state index >= 15 is 0 Å². The number of benzene rings is 1. The molecule has 1 aromatic heterocycles. The van der Waals surface area contributed by atoms with E-state index in [-0.39, 0.29) is 17.0 Å². The lowest BCUT2D eigenvalue weighted by Crippen LogP contribution is -2.34. The molecule has 1 aliphatic carbocycles. The fourth-order valence-corrected chi connectivity index (χ4v) is 3.34. The van der Waals surface area contributed by atoms with Crippen molar-refractivity contribution < 1.29 is 23.9 Å². The lowest BCUT2D eigenvalue weighted by atomic mass is 9.93. The number of aliphatic carboxylic acids is 1. The van der Waals surface area contributed by atoms with Crippen LogP contribution in [0.15, 0.2) is 18.2 Å². The maximum absolute atomic E-state index is 13.4. The number of ketones is 1. The Morgan fingerprint density at radius 2 is 2.00 bits per heavy atom. The third-order valence-corrected chi connectivity index (χ3v) is 4.70. The summed E-state index contributed by atoms with van der Waals surface area (Å²) < 4.78 is 13.4. The van der Waals surface area contributed by atoms with Gasteiger partial charge in [-0.05, 0) is 49.4 Å². The van der Waals surface area contributed by atoms with Crippen LogP contribution in [0.2, 0.25) is 0 Å². The maximum Gasteiger partial charge on any atom is 0.330 e. The fraction of sp³-hybridized carbons (Fsp3) is 0.316. The summed E-state index contributed by atoms with van der Waals surface area (Å²) in [5, 5.41) is 11.9. The van der Waals surface area contributed by atoms with Gasteiger partial charge in [-0.2, -0.15) is 0 Å². The molecule has 26 heavy (non-hydrogen) atoms. The van der Waals surface area contributed by atoms with Crippen molar-refractivity contribution in [3.05, 3.63) is 57.7 Å². The number of nitrogens with one attached hydrogen (secondary N) is 2. The second kappa shape index (κ2) is 6.74. The molecule has 3 N–H and O–H groups in total. The van der Waals surface area contributed by atoms with Crippen LogP contribution in [0.1, 0.15) is 62.1 Å². The normalized spacial score (nSPS) is 14.7. The number of halogens is 1. The molecule has 3 rings (SSSR count). The monoisotopic (exact) mass is 358 g/mol. The second-order valence-electron chi connectivity index (χ2n) is 6.51. The Labute approximate surface area is 149 Å². The first-order valence-electron chi connectivity index (χ1n) is 8.34. The molecule has 0 radical (unpaired) electrons. The van der Waals surface area contributed by atoms with Gasteiger partial charge in [-0.15, -0.1) is 0 Å². The fourth-order valence-electron chi connectivity index (χ4n) is 3.34. The first-order chi connectivity index (χ1) is 12.3. The van der Waals surface area contributed by atoms with Gasteiger partial charge in [0, 0.05) is 17.7 Å². The van der Waals surface area contributed by atoms with E-state index in [1.807, 2.05) is 0 Å². The summed E-state index contributed by atoms with van der Waals surface area (Å²) in [7, 11) is 0. The molecule has 6 nitrogen and oxygen atoms in total. The van der Waals surface area contributed by atoms with Crippen LogP contribution in [-0.2, 0) is 11.2 Å². The molecule has 1 amide bonds. The van der Waals surface area contributed by atoms with Gasteiger partial charge >= 0.3 is 5.97 Å². The van der Waals surface area contributed by atoms with Crippen molar-refractivity contribution in [2.24, 2.45) is 0 Å². The number of amides is 1.